The van der Waals surface area contributed by atoms with Crippen LogP contribution in [-0.4, -0.2) is 37.2 Å². The highest BCUT2D eigenvalue weighted by atomic mass is 16.6. The van der Waals surface area contributed by atoms with Crippen molar-refractivity contribution in [3.05, 3.63) is 72.9 Å². The van der Waals surface area contributed by atoms with Gasteiger partial charge in [-0.25, -0.2) is 0 Å². The van der Waals surface area contributed by atoms with Crippen LogP contribution in [0.25, 0.3) is 0 Å². The summed E-state index contributed by atoms with van der Waals surface area (Å²) < 4.78 is 16.7. The molecule has 0 spiro atoms. The summed E-state index contributed by atoms with van der Waals surface area (Å²) in [6.45, 7) is 6.45. The van der Waals surface area contributed by atoms with Crippen LogP contribution in [0.2, 0.25) is 0 Å². The number of esters is 3. The molecule has 0 fully saturated rings. The van der Waals surface area contributed by atoms with Crippen molar-refractivity contribution in [2.24, 2.45) is 0 Å². The van der Waals surface area contributed by atoms with E-state index in [4.69, 9.17) is 14.2 Å². The Morgan fingerprint density at radius 2 is 0.506 bits per heavy atom. The molecule has 0 radical (unpaired) electrons. The number of unbranched alkanes of at least 4 members (excludes halogenated alkanes) is 38. The molecule has 0 bridgehead atoms. The molecule has 77 heavy (non-hydrogen) atoms. The lowest BCUT2D eigenvalue weighted by Gasteiger charge is -2.18. The van der Waals surface area contributed by atoms with Crippen LogP contribution in [0.3, 0.4) is 0 Å². The van der Waals surface area contributed by atoms with E-state index in [9.17, 15) is 14.4 Å². The van der Waals surface area contributed by atoms with Crippen molar-refractivity contribution in [2.45, 2.75) is 348 Å². The second-order valence-corrected chi connectivity index (χ2v) is 22.4. The minimum Gasteiger partial charge on any atom is -0.462 e. The summed E-state index contributed by atoms with van der Waals surface area (Å²) in [6, 6.07) is 0. The van der Waals surface area contributed by atoms with Crippen LogP contribution in [0.4, 0.5) is 0 Å². The van der Waals surface area contributed by atoms with Gasteiger partial charge in [-0.05, 0) is 89.9 Å². The van der Waals surface area contributed by atoms with Crippen molar-refractivity contribution in [3.63, 3.8) is 0 Å². The van der Waals surface area contributed by atoms with Crippen molar-refractivity contribution in [2.75, 3.05) is 13.2 Å². The molecule has 1 atom stereocenters. The Morgan fingerprint density at radius 3 is 0.818 bits per heavy atom. The zero-order valence-corrected chi connectivity index (χ0v) is 51.2. The first-order valence-corrected chi connectivity index (χ1v) is 33.4. The lowest BCUT2D eigenvalue weighted by Crippen LogP contribution is -2.30. The molecule has 0 rings (SSSR count). The molecule has 0 aliphatic carbocycles. The smallest absolute Gasteiger partial charge is 0.306 e. The van der Waals surface area contributed by atoms with Crippen LogP contribution in [0, 0.1) is 0 Å². The van der Waals surface area contributed by atoms with Crippen molar-refractivity contribution in [3.8, 4) is 0 Å². The Labute approximate surface area is 478 Å². The molecule has 0 aromatic rings. The Bertz CT molecular complexity index is 1420. The number of hydrogen-bond donors (Lipinski definition) is 0. The minimum atomic E-state index is -0.788. The number of allylic oxidation sites excluding steroid dienone is 12. The number of carbonyl (C=O) groups is 3. The number of rotatable bonds is 61. The zero-order valence-electron chi connectivity index (χ0n) is 51.2. The Balaban J connectivity index is 3.92. The van der Waals surface area contributed by atoms with E-state index in [1.165, 1.54) is 199 Å². The van der Waals surface area contributed by atoms with Crippen LogP contribution in [0.15, 0.2) is 72.9 Å². The van der Waals surface area contributed by atoms with E-state index in [0.717, 1.165) is 103 Å². The van der Waals surface area contributed by atoms with E-state index < -0.39 is 6.10 Å². The fourth-order valence-corrected chi connectivity index (χ4v) is 9.70. The SMILES string of the molecule is CC/C=C\C/C=C\C/C=C\C/C=C\C/C=C\CCCCCC(=O)OC(COC(=O)CCCCCCC)COC(=O)CCCCCCCCCCCCCCCCCCCCCCCCC/C=C\CCCCCCCCCC. The summed E-state index contributed by atoms with van der Waals surface area (Å²) in [5.74, 6) is -0.921. The topological polar surface area (TPSA) is 78.9 Å². The van der Waals surface area contributed by atoms with Gasteiger partial charge in [-0.3, -0.25) is 14.4 Å². The summed E-state index contributed by atoms with van der Waals surface area (Å²) in [6.07, 6.45) is 85.7. The Kier molecular flexibility index (Phi) is 62.7. The quantitative estimate of drug-likeness (QED) is 0.0261. The summed E-state index contributed by atoms with van der Waals surface area (Å²) in [5.41, 5.74) is 0. The molecule has 0 aromatic carbocycles. The minimum absolute atomic E-state index is 0.0864. The van der Waals surface area contributed by atoms with E-state index in [2.05, 4.69) is 93.7 Å². The molecule has 6 nitrogen and oxygen atoms in total. The standard InChI is InChI=1S/C71H126O6/c1-4-7-10-13-15-17-19-21-23-25-27-28-29-30-31-32-33-34-35-36-37-38-39-40-41-42-44-45-47-49-51-53-55-58-61-64-70(73)76-67-68(66-75-69(72)63-60-57-12-9-6-3)77-71(74)65-62-59-56-54-52-50-48-46-43-26-24-22-20-18-16-14-11-8-5-2/h8,11,16,18,22,24-25,27,43,46,50,52,68H,4-7,9-10,12-15,17,19-21,23,26,28-42,44-45,47-49,51,53-67H2,1-3H3/b11-8-,18-16-,24-22-,27-25-,46-43-,52-50-. The highest BCUT2D eigenvalue weighted by Gasteiger charge is 2.19. The molecular weight excluding hydrogens is 949 g/mol. The molecule has 0 saturated carbocycles. The Morgan fingerprint density at radius 1 is 0.273 bits per heavy atom. The maximum atomic E-state index is 12.8. The highest BCUT2D eigenvalue weighted by Crippen LogP contribution is 2.18. The average molecular weight is 1080 g/mol. The molecule has 0 amide bonds. The molecule has 0 aromatic heterocycles. The third-order valence-electron chi connectivity index (χ3n) is 14.7. The molecule has 0 aliphatic rings. The number of carbonyl (C=O) groups excluding carboxylic acids is 3. The second-order valence-electron chi connectivity index (χ2n) is 22.4. The summed E-state index contributed by atoms with van der Waals surface area (Å²) in [7, 11) is 0. The number of hydrogen-bond acceptors (Lipinski definition) is 6. The fraction of sp³-hybridized carbons (Fsp3) is 0.789. The monoisotopic (exact) mass is 1070 g/mol. The van der Waals surface area contributed by atoms with Gasteiger partial charge in [0.1, 0.15) is 13.2 Å². The van der Waals surface area contributed by atoms with E-state index in [0.29, 0.717) is 19.3 Å². The summed E-state index contributed by atoms with van der Waals surface area (Å²) in [4.78, 5) is 37.9. The van der Waals surface area contributed by atoms with Gasteiger partial charge in [-0.15, -0.1) is 0 Å². The van der Waals surface area contributed by atoms with Gasteiger partial charge >= 0.3 is 17.9 Å². The van der Waals surface area contributed by atoms with Crippen molar-refractivity contribution < 1.29 is 28.6 Å². The molecule has 0 aliphatic heterocycles. The molecule has 1 unspecified atom stereocenters. The van der Waals surface area contributed by atoms with Crippen molar-refractivity contribution in [1.29, 1.82) is 0 Å². The van der Waals surface area contributed by atoms with Gasteiger partial charge in [0.15, 0.2) is 6.10 Å². The maximum Gasteiger partial charge on any atom is 0.306 e. The third-order valence-corrected chi connectivity index (χ3v) is 14.7. The lowest BCUT2D eigenvalue weighted by molar-refractivity contribution is -0.167. The predicted molar refractivity (Wildman–Crippen MR) is 335 cm³/mol. The summed E-state index contributed by atoms with van der Waals surface area (Å²) in [5, 5.41) is 0. The van der Waals surface area contributed by atoms with Crippen LogP contribution in [0.1, 0.15) is 342 Å². The molecular formula is C71H126O6. The largest absolute Gasteiger partial charge is 0.462 e. The van der Waals surface area contributed by atoms with E-state index in [-0.39, 0.29) is 31.1 Å². The first-order valence-electron chi connectivity index (χ1n) is 33.4. The van der Waals surface area contributed by atoms with Crippen LogP contribution in [0.5, 0.6) is 0 Å². The normalized spacial score (nSPS) is 12.5. The Hall–Kier alpha value is -3.15. The highest BCUT2D eigenvalue weighted by molar-refractivity contribution is 5.71. The molecule has 6 heteroatoms. The lowest BCUT2D eigenvalue weighted by atomic mass is 10.0. The van der Waals surface area contributed by atoms with Crippen LogP contribution in [-0.2, 0) is 28.6 Å². The first kappa shape index (κ1) is 73.8. The van der Waals surface area contributed by atoms with E-state index in [1.54, 1.807) is 0 Å². The van der Waals surface area contributed by atoms with Crippen molar-refractivity contribution >= 4 is 17.9 Å². The van der Waals surface area contributed by atoms with Crippen molar-refractivity contribution in [1.82, 2.24) is 0 Å². The van der Waals surface area contributed by atoms with Crippen LogP contribution >= 0.6 is 0 Å². The van der Waals surface area contributed by atoms with Gasteiger partial charge in [0.2, 0.25) is 0 Å². The second kappa shape index (κ2) is 65.4. The third kappa shape index (κ3) is 63.6. The molecule has 0 N–H and O–H groups in total. The van der Waals surface area contributed by atoms with Gasteiger partial charge in [0, 0.05) is 19.3 Å². The predicted octanol–water partition coefficient (Wildman–Crippen LogP) is 22.9. The number of ether oxygens (including phenoxy) is 3. The molecule has 0 heterocycles. The van der Waals surface area contributed by atoms with Gasteiger partial charge in [0.05, 0.1) is 0 Å². The average Bonchev–Trinajstić information content (AvgIpc) is 3.43. The van der Waals surface area contributed by atoms with Gasteiger partial charge in [0.25, 0.3) is 0 Å². The fourth-order valence-electron chi connectivity index (χ4n) is 9.70. The first-order chi connectivity index (χ1) is 38.0. The van der Waals surface area contributed by atoms with Gasteiger partial charge in [-0.2, -0.15) is 0 Å². The van der Waals surface area contributed by atoms with E-state index in [1.807, 2.05) is 0 Å². The maximum absolute atomic E-state index is 12.8. The van der Waals surface area contributed by atoms with Crippen LogP contribution < -0.4 is 0 Å². The van der Waals surface area contributed by atoms with E-state index >= 15 is 0 Å². The van der Waals surface area contributed by atoms with Gasteiger partial charge < -0.3 is 14.2 Å². The molecule has 0 saturated heterocycles. The summed E-state index contributed by atoms with van der Waals surface area (Å²) >= 11 is 0. The van der Waals surface area contributed by atoms with Gasteiger partial charge in [-0.1, -0.05) is 306 Å². The zero-order chi connectivity index (χ0) is 55.7. The molecule has 446 valence electrons.